The van der Waals surface area contributed by atoms with Crippen LogP contribution in [0.3, 0.4) is 0 Å². The quantitative estimate of drug-likeness (QED) is 0.779. The summed E-state index contributed by atoms with van der Waals surface area (Å²) in [5.41, 5.74) is 2.03. The second kappa shape index (κ2) is 6.27. The number of nitrogens with zero attached hydrogens (tertiary/aromatic N) is 2. The van der Waals surface area contributed by atoms with Crippen molar-refractivity contribution in [3.63, 3.8) is 0 Å². The van der Waals surface area contributed by atoms with Gasteiger partial charge in [-0.2, -0.15) is 10.5 Å². The van der Waals surface area contributed by atoms with Crippen molar-refractivity contribution in [2.75, 3.05) is 11.9 Å². The first-order valence-electron chi connectivity index (χ1n) is 5.16. The summed E-state index contributed by atoms with van der Waals surface area (Å²) in [6.07, 6.45) is 2.65. The maximum atomic E-state index is 8.60. The molecule has 1 aromatic rings. The van der Waals surface area contributed by atoms with Gasteiger partial charge in [-0.15, -0.1) is 0 Å². The summed E-state index contributed by atoms with van der Waals surface area (Å²) >= 11 is 0. The van der Waals surface area contributed by atoms with Crippen LogP contribution in [0.5, 0.6) is 0 Å². The Morgan fingerprint density at radius 3 is 2.38 bits per heavy atom. The molecule has 0 aliphatic carbocycles. The van der Waals surface area contributed by atoms with Crippen LogP contribution in [-0.2, 0) is 0 Å². The molecule has 0 aliphatic heterocycles. The predicted octanol–water partition coefficient (Wildman–Crippen LogP) is 2.94. The lowest BCUT2D eigenvalue weighted by Crippen LogP contribution is -1.98. The number of allylic oxidation sites excluding steroid dienone is 1. The molecule has 3 heteroatoms. The molecule has 1 rings (SSSR count). The topological polar surface area (TPSA) is 59.6 Å². The zero-order valence-corrected chi connectivity index (χ0v) is 9.20. The van der Waals surface area contributed by atoms with E-state index in [1.807, 2.05) is 36.4 Å². The van der Waals surface area contributed by atoms with Crippen LogP contribution >= 0.6 is 0 Å². The highest BCUT2D eigenvalue weighted by Crippen LogP contribution is 2.12. The SMILES string of the molecule is CCCNc1ccc(C=C(C#N)C#N)cc1. The molecule has 16 heavy (non-hydrogen) atoms. The van der Waals surface area contributed by atoms with Gasteiger partial charge in [-0.25, -0.2) is 0 Å². The predicted molar refractivity (Wildman–Crippen MR) is 64.4 cm³/mol. The number of nitrogens with one attached hydrogen (secondary N) is 1. The van der Waals surface area contributed by atoms with Gasteiger partial charge in [0.15, 0.2) is 0 Å². The van der Waals surface area contributed by atoms with Gasteiger partial charge in [0.05, 0.1) is 0 Å². The molecule has 0 aromatic heterocycles. The van der Waals surface area contributed by atoms with Gasteiger partial charge in [-0.1, -0.05) is 19.1 Å². The van der Waals surface area contributed by atoms with Crippen molar-refractivity contribution in [3.05, 3.63) is 35.4 Å². The van der Waals surface area contributed by atoms with E-state index in [0.29, 0.717) is 0 Å². The third-order valence-corrected chi connectivity index (χ3v) is 2.04. The van der Waals surface area contributed by atoms with Gasteiger partial charge in [0.1, 0.15) is 17.7 Å². The molecular formula is C13H13N3. The van der Waals surface area contributed by atoms with Crippen LogP contribution in [0.15, 0.2) is 29.8 Å². The van der Waals surface area contributed by atoms with Crippen LogP contribution in [0.25, 0.3) is 6.08 Å². The van der Waals surface area contributed by atoms with Crippen molar-refractivity contribution in [2.24, 2.45) is 0 Å². The fraction of sp³-hybridized carbons (Fsp3) is 0.231. The summed E-state index contributed by atoms with van der Waals surface area (Å²) < 4.78 is 0. The Hall–Kier alpha value is -2.26. The molecule has 3 nitrogen and oxygen atoms in total. The Bertz CT molecular complexity index is 428. The van der Waals surface area contributed by atoms with Crippen molar-refractivity contribution in [1.29, 1.82) is 10.5 Å². The van der Waals surface area contributed by atoms with Gasteiger partial charge in [0.25, 0.3) is 0 Å². The molecule has 0 bridgehead atoms. The maximum absolute atomic E-state index is 8.60. The van der Waals surface area contributed by atoms with Gasteiger partial charge < -0.3 is 5.32 Å². The Morgan fingerprint density at radius 1 is 1.25 bits per heavy atom. The Labute approximate surface area is 95.6 Å². The lowest BCUT2D eigenvalue weighted by atomic mass is 10.1. The zero-order valence-electron chi connectivity index (χ0n) is 9.20. The largest absolute Gasteiger partial charge is 0.385 e. The van der Waals surface area contributed by atoms with Gasteiger partial charge in [0, 0.05) is 12.2 Å². The first-order valence-corrected chi connectivity index (χ1v) is 5.16. The number of rotatable bonds is 4. The number of hydrogen-bond acceptors (Lipinski definition) is 3. The van der Waals surface area contributed by atoms with Crippen LogP contribution < -0.4 is 5.32 Å². The van der Waals surface area contributed by atoms with Crippen molar-refractivity contribution < 1.29 is 0 Å². The lowest BCUT2D eigenvalue weighted by Gasteiger charge is -2.04. The van der Waals surface area contributed by atoms with E-state index in [9.17, 15) is 0 Å². The molecule has 1 aromatic carbocycles. The standard InChI is InChI=1S/C13H13N3/c1-2-7-16-13-5-3-11(4-6-13)8-12(9-14)10-15/h3-6,8,16H,2,7H2,1H3. The fourth-order valence-electron chi connectivity index (χ4n) is 1.22. The second-order valence-electron chi connectivity index (χ2n) is 3.33. The maximum Gasteiger partial charge on any atom is 0.130 e. The fourth-order valence-corrected chi connectivity index (χ4v) is 1.22. The van der Waals surface area contributed by atoms with Gasteiger partial charge in [-0.05, 0) is 30.2 Å². The van der Waals surface area contributed by atoms with Crippen molar-refractivity contribution >= 4 is 11.8 Å². The molecule has 0 saturated heterocycles. The molecule has 0 aliphatic rings. The molecule has 0 saturated carbocycles. The third kappa shape index (κ3) is 3.48. The van der Waals surface area contributed by atoms with E-state index in [0.717, 1.165) is 24.2 Å². The van der Waals surface area contributed by atoms with E-state index in [1.54, 1.807) is 6.08 Å². The van der Waals surface area contributed by atoms with Crippen molar-refractivity contribution in [3.8, 4) is 12.1 Å². The summed E-state index contributed by atoms with van der Waals surface area (Å²) in [6, 6.07) is 11.3. The van der Waals surface area contributed by atoms with Crippen LogP contribution in [-0.4, -0.2) is 6.54 Å². The molecule has 0 radical (unpaired) electrons. The van der Waals surface area contributed by atoms with Gasteiger partial charge >= 0.3 is 0 Å². The Kier molecular flexibility index (Phi) is 4.63. The lowest BCUT2D eigenvalue weighted by molar-refractivity contribution is 0.980. The molecule has 0 amide bonds. The number of nitriles is 2. The minimum absolute atomic E-state index is 0.120. The average Bonchev–Trinajstić information content (AvgIpc) is 2.35. The molecule has 0 spiro atoms. The van der Waals surface area contributed by atoms with E-state index in [1.165, 1.54) is 0 Å². The Morgan fingerprint density at radius 2 is 1.88 bits per heavy atom. The van der Waals surface area contributed by atoms with Gasteiger partial charge in [-0.3, -0.25) is 0 Å². The van der Waals surface area contributed by atoms with E-state index in [4.69, 9.17) is 10.5 Å². The highest BCUT2D eigenvalue weighted by Gasteiger charge is 1.94. The van der Waals surface area contributed by atoms with Crippen LogP contribution in [0, 0.1) is 22.7 Å². The molecular weight excluding hydrogens is 198 g/mol. The summed E-state index contributed by atoms with van der Waals surface area (Å²) in [5, 5.41) is 20.5. The number of hydrogen-bond donors (Lipinski definition) is 1. The summed E-state index contributed by atoms with van der Waals surface area (Å²) in [6.45, 7) is 3.05. The van der Waals surface area contributed by atoms with E-state index in [2.05, 4.69) is 12.2 Å². The van der Waals surface area contributed by atoms with Gasteiger partial charge in [0.2, 0.25) is 0 Å². The molecule has 1 N–H and O–H groups in total. The van der Waals surface area contributed by atoms with E-state index >= 15 is 0 Å². The first-order chi connectivity index (χ1) is 7.80. The summed E-state index contributed by atoms with van der Waals surface area (Å²) in [7, 11) is 0. The van der Waals surface area contributed by atoms with Crippen molar-refractivity contribution in [1.82, 2.24) is 0 Å². The van der Waals surface area contributed by atoms with E-state index < -0.39 is 0 Å². The molecule has 0 atom stereocenters. The van der Waals surface area contributed by atoms with E-state index in [-0.39, 0.29) is 5.57 Å². The summed E-state index contributed by atoms with van der Waals surface area (Å²) in [5.74, 6) is 0. The van der Waals surface area contributed by atoms with Crippen molar-refractivity contribution in [2.45, 2.75) is 13.3 Å². The number of benzene rings is 1. The minimum Gasteiger partial charge on any atom is -0.385 e. The van der Waals surface area contributed by atoms with Crippen LogP contribution in [0.4, 0.5) is 5.69 Å². The third-order valence-electron chi connectivity index (χ3n) is 2.04. The molecule has 0 heterocycles. The highest BCUT2D eigenvalue weighted by atomic mass is 14.9. The van der Waals surface area contributed by atoms with Crippen LogP contribution in [0.2, 0.25) is 0 Å². The highest BCUT2D eigenvalue weighted by molar-refractivity contribution is 5.63. The first kappa shape index (κ1) is 11.8. The molecule has 0 fully saturated rings. The smallest absolute Gasteiger partial charge is 0.130 e. The van der Waals surface area contributed by atoms with Crippen LogP contribution in [0.1, 0.15) is 18.9 Å². The molecule has 80 valence electrons. The Balaban J connectivity index is 2.77. The zero-order chi connectivity index (χ0) is 11.8. The normalized spacial score (nSPS) is 8.69. The monoisotopic (exact) mass is 211 g/mol. The summed E-state index contributed by atoms with van der Waals surface area (Å²) in [4.78, 5) is 0. The number of anilines is 1. The second-order valence-corrected chi connectivity index (χ2v) is 3.33. The molecule has 0 unspecified atom stereocenters. The minimum atomic E-state index is 0.120. The average molecular weight is 211 g/mol.